The van der Waals surface area contributed by atoms with Gasteiger partial charge in [-0.2, -0.15) is 0 Å². The Morgan fingerprint density at radius 2 is 1.88 bits per heavy atom. The number of hydrogen-bond acceptors (Lipinski definition) is 5. The van der Waals surface area contributed by atoms with E-state index in [1.165, 1.54) is 0 Å². The van der Waals surface area contributed by atoms with Gasteiger partial charge in [-0.1, -0.05) is 18.2 Å². The Labute approximate surface area is 148 Å². The second-order valence-corrected chi connectivity index (χ2v) is 5.72. The van der Waals surface area contributed by atoms with Crippen LogP contribution >= 0.6 is 0 Å². The van der Waals surface area contributed by atoms with Crippen molar-refractivity contribution < 1.29 is 19.1 Å². The Bertz CT molecular complexity index is 1000. The molecule has 2 heterocycles. The van der Waals surface area contributed by atoms with Crippen LogP contribution in [-0.4, -0.2) is 30.1 Å². The van der Waals surface area contributed by atoms with E-state index in [2.05, 4.69) is 15.6 Å². The molecule has 2 aromatic carbocycles. The monoisotopic (exact) mass is 349 g/mol. The zero-order valence-corrected chi connectivity index (χ0v) is 13.7. The number of aromatic nitrogens is 1. The van der Waals surface area contributed by atoms with Crippen LogP contribution in [0, 0.1) is 0 Å². The van der Waals surface area contributed by atoms with Gasteiger partial charge < -0.3 is 20.1 Å². The average molecular weight is 349 g/mol. The number of anilines is 1. The van der Waals surface area contributed by atoms with Crippen LogP contribution < -0.4 is 20.1 Å². The van der Waals surface area contributed by atoms with Gasteiger partial charge in [-0.25, -0.2) is 0 Å². The van der Waals surface area contributed by atoms with Crippen molar-refractivity contribution in [3.05, 3.63) is 60.3 Å². The maximum absolute atomic E-state index is 12.2. The summed E-state index contributed by atoms with van der Waals surface area (Å²) in [6.07, 6.45) is 1.58. The van der Waals surface area contributed by atoms with Crippen molar-refractivity contribution in [1.29, 1.82) is 0 Å². The molecule has 1 aliphatic rings. The fourth-order valence-electron chi connectivity index (χ4n) is 2.64. The topological polar surface area (TPSA) is 89.6 Å². The highest BCUT2D eigenvalue weighted by Crippen LogP contribution is 2.32. The largest absolute Gasteiger partial charge is 0.454 e. The SMILES string of the molecule is O=C(CNC(=O)c1ccc2c(c1)OCO2)Nc1cnc2ccccc2c1. The molecule has 3 aromatic rings. The molecule has 4 rings (SSSR count). The predicted octanol–water partition coefficient (Wildman–Crippen LogP) is 2.33. The number of pyridine rings is 1. The Kier molecular flexibility index (Phi) is 4.10. The van der Waals surface area contributed by atoms with E-state index in [9.17, 15) is 9.59 Å². The molecule has 2 N–H and O–H groups in total. The minimum atomic E-state index is -0.366. The van der Waals surface area contributed by atoms with E-state index in [1.807, 2.05) is 30.3 Å². The molecule has 26 heavy (non-hydrogen) atoms. The van der Waals surface area contributed by atoms with Crippen LogP contribution in [0.4, 0.5) is 5.69 Å². The van der Waals surface area contributed by atoms with Crippen molar-refractivity contribution in [1.82, 2.24) is 10.3 Å². The summed E-state index contributed by atoms with van der Waals surface area (Å²) in [4.78, 5) is 28.5. The molecular weight excluding hydrogens is 334 g/mol. The number of hydrogen-bond donors (Lipinski definition) is 2. The summed E-state index contributed by atoms with van der Waals surface area (Å²) in [5.74, 6) is 0.415. The van der Waals surface area contributed by atoms with Gasteiger partial charge in [0.05, 0.1) is 23.9 Å². The molecule has 0 bridgehead atoms. The van der Waals surface area contributed by atoms with Gasteiger partial charge in [-0.15, -0.1) is 0 Å². The summed E-state index contributed by atoms with van der Waals surface area (Å²) < 4.78 is 10.4. The Morgan fingerprint density at radius 1 is 1.04 bits per heavy atom. The number of fused-ring (bicyclic) bond motifs is 2. The Morgan fingerprint density at radius 3 is 2.81 bits per heavy atom. The Balaban J connectivity index is 1.36. The highest BCUT2D eigenvalue weighted by atomic mass is 16.7. The van der Waals surface area contributed by atoms with E-state index < -0.39 is 0 Å². The van der Waals surface area contributed by atoms with Crippen LogP contribution in [-0.2, 0) is 4.79 Å². The minimum absolute atomic E-state index is 0.141. The molecular formula is C19H15N3O4. The number of ether oxygens (including phenoxy) is 2. The van der Waals surface area contributed by atoms with Gasteiger partial charge in [-0.05, 0) is 30.3 Å². The molecule has 1 aromatic heterocycles. The number of amides is 2. The van der Waals surface area contributed by atoms with Crippen molar-refractivity contribution in [2.24, 2.45) is 0 Å². The first kappa shape index (κ1) is 15.9. The third-order valence-corrected chi connectivity index (χ3v) is 3.92. The molecule has 7 nitrogen and oxygen atoms in total. The van der Waals surface area contributed by atoms with E-state index in [4.69, 9.17) is 9.47 Å². The number of carbonyl (C=O) groups excluding carboxylic acids is 2. The van der Waals surface area contributed by atoms with Gasteiger partial charge in [-0.3, -0.25) is 14.6 Å². The second kappa shape index (κ2) is 6.72. The third-order valence-electron chi connectivity index (χ3n) is 3.92. The zero-order chi connectivity index (χ0) is 17.9. The van der Waals surface area contributed by atoms with Gasteiger partial charge in [0.15, 0.2) is 11.5 Å². The minimum Gasteiger partial charge on any atom is -0.454 e. The molecule has 7 heteroatoms. The maximum Gasteiger partial charge on any atom is 0.251 e. The molecule has 0 radical (unpaired) electrons. The summed E-state index contributed by atoms with van der Waals surface area (Å²) in [7, 11) is 0. The molecule has 130 valence electrons. The standard InChI is InChI=1S/C19H15N3O4/c23-18(22-14-7-12-3-1-2-4-15(12)20-9-14)10-21-19(24)13-5-6-16-17(8-13)26-11-25-16/h1-9H,10-11H2,(H,21,24)(H,22,23). The molecule has 0 saturated carbocycles. The summed E-state index contributed by atoms with van der Waals surface area (Å²) >= 11 is 0. The molecule has 1 aliphatic heterocycles. The summed E-state index contributed by atoms with van der Waals surface area (Å²) in [6.45, 7) is -0.0112. The number of benzene rings is 2. The van der Waals surface area contributed by atoms with Gasteiger partial charge in [0.2, 0.25) is 12.7 Å². The molecule has 2 amide bonds. The van der Waals surface area contributed by atoms with Gasteiger partial charge in [0.1, 0.15) is 0 Å². The zero-order valence-electron chi connectivity index (χ0n) is 13.7. The Hall–Kier alpha value is -3.61. The van der Waals surface area contributed by atoms with Crippen LogP contribution in [0.2, 0.25) is 0 Å². The van der Waals surface area contributed by atoms with Crippen molar-refractivity contribution >= 4 is 28.4 Å². The van der Waals surface area contributed by atoms with E-state index in [0.29, 0.717) is 22.7 Å². The van der Waals surface area contributed by atoms with Crippen molar-refractivity contribution in [2.45, 2.75) is 0 Å². The van der Waals surface area contributed by atoms with Crippen molar-refractivity contribution in [3.8, 4) is 11.5 Å². The predicted molar refractivity (Wildman–Crippen MR) is 95.3 cm³/mol. The number of nitrogens with one attached hydrogen (secondary N) is 2. The van der Waals surface area contributed by atoms with Gasteiger partial charge >= 0.3 is 0 Å². The van der Waals surface area contributed by atoms with Crippen molar-refractivity contribution in [3.63, 3.8) is 0 Å². The van der Waals surface area contributed by atoms with Crippen LogP contribution in [0.3, 0.4) is 0 Å². The number of rotatable bonds is 4. The fourth-order valence-corrected chi connectivity index (χ4v) is 2.64. The lowest BCUT2D eigenvalue weighted by molar-refractivity contribution is -0.115. The van der Waals surface area contributed by atoms with Gasteiger partial charge in [0.25, 0.3) is 5.91 Å². The lowest BCUT2D eigenvalue weighted by atomic mass is 10.2. The molecule has 0 atom stereocenters. The van der Waals surface area contributed by atoms with Crippen molar-refractivity contribution in [2.75, 3.05) is 18.7 Å². The van der Waals surface area contributed by atoms with Crippen LogP contribution in [0.15, 0.2) is 54.7 Å². The highest BCUT2D eigenvalue weighted by molar-refractivity contribution is 6.00. The highest BCUT2D eigenvalue weighted by Gasteiger charge is 2.16. The first-order chi connectivity index (χ1) is 12.7. The third kappa shape index (κ3) is 3.27. The summed E-state index contributed by atoms with van der Waals surface area (Å²) in [6, 6.07) is 14.3. The van der Waals surface area contributed by atoms with Crippen LogP contribution in [0.25, 0.3) is 10.9 Å². The number of carbonyl (C=O) groups is 2. The van der Waals surface area contributed by atoms with Crippen LogP contribution in [0.1, 0.15) is 10.4 Å². The van der Waals surface area contributed by atoms with E-state index in [0.717, 1.165) is 10.9 Å². The average Bonchev–Trinajstić information content (AvgIpc) is 3.14. The molecule has 0 unspecified atom stereocenters. The van der Waals surface area contributed by atoms with E-state index in [1.54, 1.807) is 24.4 Å². The number of nitrogens with zero attached hydrogens (tertiary/aromatic N) is 1. The second-order valence-electron chi connectivity index (χ2n) is 5.72. The molecule has 0 aliphatic carbocycles. The quantitative estimate of drug-likeness (QED) is 0.755. The smallest absolute Gasteiger partial charge is 0.251 e. The molecule has 0 spiro atoms. The lowest BCUT2D eigenvalue weighted by Gasteiger charge is -2.08. The van der Waals surface area contributed by atoms with E-state index >= 15 is 0 Å². The molecule has 0 saturated heterocycles. The first-order valence-electron chi connectivity index (χ1n) is 8.01. The summed E-state index contributed by atoms with van der Waals surface area (Å²) in [5, 5.41) is 6.23. The number of para-hydroxylation sites is 1. The maximum atomic E-state index is 12.2. The van der Waals surface area contributed by atoms with E-state index in [-0.39, 0.29) is 25.2 Å². The molecule has 0 fully saturated rings. The summed E-state index contributed by atoms with van der Waals surface area (Å²) in [5.41, 5.74) is 1.82. The van der Waals surface area contributed by atoms with Crippen LogP contribution in [0.5, 0.6) is 11.5 Å². The fraction of sp³-hybridized carbons (Fsp3) is 0.105. The first-order valence-corrected chi connectivity index (χ1v) is 8.01. The normalized spacial score (nSPS) is 12.0. The van der Waals surface area contributed by atoms with Gasteiger partial charge in [0, 0.05) is 10.9 Å². The lowest BCUT2D eigenvalue weighted by Crippen LogP contribution is -2.32.